The molecule has 0 heterocycles. The number of carbonyl (C=O) groups is 1. The van der Waals surface area contributed by atoms with Gasteiger partial charge >= 0.3 is 23.1 Å². The molecule has 0 bridgehead atoms. The van der Waals surface area contributed by atoms with Gasteiger partial charge in [0.2, 0.25) is 0 Å². The van der Waals surface area contributed by atoms with Crippen molar-refractivity contribution in [1.29, 1.82) is 0 Å². The smallest absolute Gasteiger partial charge is 0.550 e. The minimum Gasteiger partial charge on any atom is -0.550 e. The number of unbranched alkanes of at least 4 members (excludes halogenated alkanes) is 11. The minimum atomic E-state index is -0.905. The fourth-order valence-corrected chi connectivity index (χ4v) is 2.11. The van der Waals surface area contributed by atoms with E-state index in [9.17, 15) is 9.90 Å². The number of hydrogen-bond acceptors (Lipinski definition) is 2. The van der Waals surface area contributed by atoms with Gasteiger partial charge in [-0.15, -0.1) is 0 Å². The predicted molar refractivity (Wildman–Crippen MR) is 76.5 cm³/mol. The molecule has 0 aromatic rings. The third kappa shape index (κ3) is 18.6. The van der Waals surface area contributed by atoms with Gasteiger partial charge in [0.15, 0.2) is 0 Å². The van der Waals surface area contributed by atoms with Gasteiger partial charge in [0, 0.05) is 5.97 Å². The average Bonchev–Trinajstić information content (AvgIpc) is 2.30. The summed E-state index contributed by atoms with van der Waals surface area (Å²) in [7, 11) is 0. The number of aliphatic carboxylic acids is 1. The molecule has 0 aromatic carbocycles. The summed E-state index contributed by atoms with van der Waals surface area (Å²) in [5.41, 5.74) is 0. The molecule has 0 rings (SSSR count). The fraction of sp³-hybridized carbons (Fsp3) is 0.933. The largest absolute Gasteiger partial charge is 2.00 e. The Kier molecular flexibility index (Phi) is 19.7. The molecule has 0 atom stereocenters. The van der Waals surface area contributed by atoms with Crippen LogP contribution in [-0.4, -0.2) is 29.0 Å². The maximum Gasteiger partial charge on any atom is 2.00 e. The first-order valence-electron chi connectivity index (χ1n) is 7.47. The van der Waals surface area contributed by atoms with E-state index in [4.69, 9.17) is 0 Å². The molecule has 18 heavy (non-hydrogen) atoms. The van der Waals surface area contributed by atoms with E-state index in [-0.39, 0.29) is 29.5 Å². The van der Waals surface area contributed by atoms with Crippen LogP contribution < -0.4 is 5.11 Å². The van der Waals surface area contributed by atoms with E-state index in [1.165, 1.54) is 64.2 Å². The van der Waals surface area contributed by atoms with E-state index < -0.39 is 5.97 Å². The summed E-state index contributed by atoms with van der Waals surface area (Å²) < 4.78 is 0. The van der Waals surface area contributed by atoms with E-state index in [1.807, 2.05) is 0 Å². The molecule has 0 saturated heterocycles. The van der Waals surface area contributed by atoms with Crippen LogP contribution in [0, 0.1) is 0 Å². The van der Waals surface area contributed by atoms with E-state index in [2.05, 4.69) is 6.92 Å². The Morgan fingerprint density at radius 3 is 1.39 bits per heavy atom. The van der Waals surface area contributed by atoms with Gasteiger partial charge < -0.3 is 9.90 Å². The molecule has 0 N–H and O–H groups in total. The Balaban J connectivity index is 0. The molecule has 0 aliphatic rings. The number of carboxylic acid groups (broad SMARTS) is 1. The summed E-state index contributed by atoms with van der Waals surface area (Å²) in [5, 5.41) is 10.2. The molecule has 0 fully saturated rings. The Morgan fingerprint density at radius 1 is 0.722 bits per heavy atom. The van der Waals surface area contributed by atoms with Crippen molar-refractivity contribution in [3.05, 3.63) is 0 Å². The van der Waals surface area contributed by atoms with Crippen LogP contribution >= 0.6 is 0 Å². The molecule has 0 aliphatic heterocycles. The maximum atomic E-state index is 10.2. The predicted octanol–water partition coefficient (Wildman–Crippen LogP) is 3.45. The normalized spacial score (nSPS) is 10.1. The molecule has 0 spiro atoms. The van der Waals surface area contributed by atoms with Crippen molar-refractivity contribution in [3.8, 4) is 0 Å². The number of carbonyl (C=O) groups excluding carboxylic acids is 1. The maximum absolute atomic E-state index is 10.2. The topological polar surface area (TPSA) is 40.1 Å². The molecule has 2 nitrogen and oxygen atoms in total. The molecule has 3 heteroatoms. The Morgan fingerprint density at radius 2 is 1.06 bits per heavy atom. The van der Waals surface area contributed by atoms with E-state index in [1.54, 1.807) is 0 Å². The molecular formula is C15H29MgO2+. The molecule has 102 valence electrons. The Labute approximate surface area is 129 Å². The van der Waals surface area contributed by atoms with Crippen molar-refractivity contribution in [1.82, 2.24) is 0 Å². The zero-order valence-corrected chi connectivity index (χ0v) is 13.6. The number of rotatable bonds is 13. The number of carboxylic acids is 1. The van der Waals surface area contributed by atoms with Crippen molar-refractivity contribution < 1.29 is 9.90 Å². The van der Waals surface area contributed by atoms with Crippen LogP contribution in [0.1, 0.15) is 90.4 Å². The van der Waals surface area contributed by atoms with Crippen molar-refractivity contribution in [2.45, 2.75) is 90.4 Å². The van der Waals surface area contributed by atoms with Gasteiger partial charge in [-0.1, -0.05) is 77.6 Å². The minimum absolute atomic E-state index is 0. The van der Waals surface area contributed by atoms with Gasteiger partial charge in [0.25, 0.3) is 0 Å². The van der Waals surface area contributed by atoms with Gasteiger partial charge in [-0.2, -0.15) is 0 Å². The molecule has 0 saturated carbocycles. The third-order valence-corrected chi connectivity index (χ3v) is 3.23. The van der Waals surface area contributed by atoms with Crippen molar-refractivity contribution in [3.63, 3.8) is 0 Å². The standard InChI is InChI=1S/C15H30O2.Mg/c1-2-3-4-5-6-7-8-9-10-11-12-13-14-15(16)17;/h2-14H2,1H3,(H,16,17);/q;+2/p-1. The molecule has 0 aliphatic carbocycles. The van der Waals surface area contributed by atoms with Crippen LogP contribution in [0.4, 0.5) is 0 Å². The van der Waals surface area contributed by atoms with Gasteiger partial charge in [-0.05, 0) is 12.8 Å². The first-order chi connectivity index (χ1) is 8.27. The van der Waals surface area contributed by atoms with E-state index >= 15 is 0 Å². The SMILES string of the molecule is CCCCCCCCCCCCCCC(=O)[O-].[Mg+2]. The van der Waals surface area contributed by atoms with Gasteiger partial charge in [0.1, 0.15) is 0 Å². The summed E-state index contributed by atoms with van der Waals surface area (Å²) in [5.74, 6) is -0.905. The van der Waals surface area contributed by atoms with Gasteiger partial charge in [0.05, 0.1) is 0 Å². The molecule has 0 aromatic heterocycles. The van der Waals surface area contributed by atoms with Crippen molar-refractivity contribution in [2.75, 3.05) is 0 Å². The first-order valence-corrected chi connectivity index (χ1v) is 7.47. The van der Waals surface area contributed by atoms with Gasteiger partial charge in [-0.3, -0.25) is 0 Å². The van der Waals surface area contributed by atoms with Crippen LogP contribution in [0.2, 0.25) is 0 Å². The van der Waals surface area contributed by atoms with Crippen LogP contribution in [0.25, 0.3) is 0 Å². The summed E-state index contributed by atoms with van der Waals surface area (Å²) in [6.07, 6.45) is 15.5. The zero-order valence-electron chi connectivity index (χ0n) is 12.2. The van der Waals surface area contributed by atoms with E-state index in [0.717, 1.165) is 12.8 Å². The fourth-order valence-electron chi connectivity index (χ4n) is 2.11. The van der Waals surface area contributed by atoms with Crippen molar-refractivity contribution in [2.24, 2.45) is 0 Å². The van der Waals surface area contributed by atoms with Crippen LogP contribution in [0.3, 0.4) is 0 Å². The summed E-state index contributed by atoms with van der Waals surface area (Å²) >= 11 is 0. The van der Waals surface area contributed by atoms with Gasteiger partial charge in [-0.25, -0.2) is 0 Å². The zero-order chi connectivity index (χ0) is 12.8. The van der Waals surface area contributed by atoms with Crippen LogP contribution in [0.5, 0.6) is 0 Å². The number of hydrogen-bond donors (Lipinski definition) is 0. The molecule has 0 radical (unpaired) electrons. The van der Waals surface area contributed by atoms with E-state index in [0.29, 0.717) is 0 Å². The first kappa shape index (κ1) is 20.6. The summed E-state index contributed by atoms with van der Waals surface area (Å²) in [6, 6.07) is 0. The molecule has 0 amide bonds. The monoisotopic (exact) mass is 265 g/mol. The Hall–Kier alpha value is 0.236. The molecular weight excluding hydrogens is 236 g/mol. The van der Waals surface area contributed by atoms with Crippen LogP contribution in [0.15, 0.2) is 0 Å². The average molecular weight is 266 g/mol. The second-order valence-electron chi connectivity index (χ2n) is 5.01. The van der Waals surface area contributed by atoms with Crippen molar-refractivity contribution >= 4 is 29.0 Å². The summed E-state index contributed by atoms with van der Waals surface area (Å²) in [6.45, 7) is 2.25. The second kappa shape index (κ2) is 17.2. The molecule has 0 unspecified atom stereocenters. The third-order valence-electron chi connectivity index (χ3n) is 3.23. The second-order valence-corrected chi connectivity index (χ2v) is 5.01. The Bertz CT molecular complexity index is 172. The van der Waals surface area contributed by atoms with Crippen LogP contribution in [-0.2, 0) is 4.79 Å². The quantitative estimate of drug-likeness (QED) is 0.378. The summed E-state index contributed by atoms with van der Waals surface area (Å²) in [4.78, 5) is 10.2.